The molecular weight excluding hydrogens is 408 g/mol. The van der Waals surface area contributed by atoms with Crippen LogP contribution < -0.4 is 9.62 Å². The normalized spacial score (nSPS) is 15.4. The van der Waals surface area contributed by atoms with Gasteiger partial charge in [0.15, 0.2) is 0 Å². The van der Waals surface area contributed by atoms with E-state index in [-0.39, 0.29) is 11.9 Å². The number of benzene rings is 2. The van der Waals surface area contributed by atoms with Gasteiger partial charge in [-0.1, -0.05) is 36.7 Å². The van der Waals surface area contributed by atoms with Crippen molar-refractivity contribution < 1.29 is 13.2 Å². The fourth-order valence-electron chi connectivity index (χ4n) is 3.90. The van der Waals surface area contributed by atoms with Crippen molar-refractivity contribution in [2.24, 2.45) is 0 Å². The third-order valence-electron chi connectivity index (χ3n) is 5.39. The number of hydrogen-bond acceptors (Lipinski definition) is 3. The largest absolute Gasteiger partial charge is 0.348 e. The third kappa shape index (κ3) is 4.93. The summed E-state index contributed by atoms with van der Waals surface area (Å²) in [5.74, 6) is -0.319. The highest BCUT2D eigenvalue weighted by Crippen LogP contribution is 2.27. The Morgan fingerprint density at radius 2 is 1.79 bits per heavy atom. The molecule has 0 saturated heterocycles. The number of carbonyl (C=O) groups is 1. The van der Waals surface area contributed by atoms with E-state index in [2.05, 4.69) is 17.4 Å². The Hall–Kier alpha value is -2.05. The summed E-state index contributed by atoms with van der Waals surface area (Å²) in [4.78, 5) is 13.1. The lowest BCUT2D eigenvalue weighted by molar-refractivity contribution is -0.122. The summed E-state index contributed by atoms with van der Waals surface area (Å²) >= 11 is 5.94. The molecule has 1 aliphatic rings. The second kappa shape index (κ2) is 8.76. The highest BCUT2D eigenvalue weighted by Gasteiger charge is 2.32. The predicted octanol–water partition coefficient (Wildman–Crippen LogP) is 4.25. The summed E-state index contributed by atoms with van der Waals surface area (Å²) < 4.78 is 26.2. The van der Waals surface area contributed by atoms with Gasteiger partial charge >= 0.3 is 0 Å². The van der Waals surface area contributed by atoms with Crippen molar-refractivity contribution in [2.75, 3.05) is 10.6 Å². The van der Waals surface area contributed by atoms with Crippen molar-refractivity contribution in [1.29, 1.82) is 0 Å². The molecule has 1 amide bonds. The maximum atomic E-state index is 13.1. The monoisotopic (exact) mass is 434 g/mol. The summed E-state index contributed by atoms with van der Waals surface area (Å²) in [5.41, 5.74) is 4.18. The van der Waals surface area contributed by atoms with Gasteiger partial charge in [0.1, 0.15) is 6.04 Å². The number of sulfonamides is 1. The topological polar surface area (TPSA) is 66.5 Å². The van der Waals surface area contributed by atoms with E-state index in [1.807, 2.05) is 13.0 Å². The van der Waals surface area contributed by atoms with Crippen molar-refractivity contribution in [1.82, 2.24) is 5.32 Å². The maximum Gasteiger partial charge on any atom is 0.244 e. The van der Waals surface area contributed by atoms with E-state index < -0.39 is 16.1 Å². The van der Waals surface area contributed by atoms with E-state index in [1.54, 1.807) is 31.2 Å². The number of hydrogen-bond donors (Lipinski definition) is 1. The summed E-state index contributed by atoms with van der Waals surface area (Å²) in [5, 5.41) is 3.51. The minimum Gasteiger partial charge on any atom is -0.348 e. The van der Waals surface area contributed by atoms with Gasteiger partial charge in [0, 0.05) is 5.02 Å². The molecule has 1 aliphatic carbocycles. The zero-order valence-corrected chi connectivity index (χ0v) is 18.6. The van der Waals surface area contributed by atoms with E-state index in [0.717, 1.165) is 24.7 Å². The highest BCUT2D eigenvalue weighted by molar-refractivity contribution is 7.92. The molecule has 0 bridgehead atoms. The van der Waals surface area contributed by atoms with Gasteiger partial charge in [0.05, 0.1) is 18.0 Å². The fourth-order valence-corrected chi connectivity index (χ4v) is 5.24. The Morgan fingerprint density at radius 1 is 1.14 bits per heavy atom. The SMILES string of the molecule is CC[C@H](C(=O)N[C@H](C)c1ccc2c(c1)CCC2)N(c1ccc(Cl)cc1)S(C)(=O)=O. The Labute approximate surface area is 178 Å². The summed E-state index contributed by atoms with van der Waals surface area (Å²) in [6.45, 7) is 3.73. The number of halogens is 1. The van der Waals surface area contributed by atoms with Crippen LogP contribution in [0.25, 0.3) is 0 Å². The summed E-state index contributed by atoms with van der Waals surface area (Å²) in [6, 6.07) is 11.7. The lowest BCUT2D eigenvalue weighted by Crippen LogP contribution is -2.49. The number of amides is 1. The van der Waals surface area contributed by atoms with Gasteiger partial charge in [-0.15, -0.1) is 0 Å². The lowest BCUT2D eigenvalue weighted by Gasteiger charge is -2.31. The molecule has 0 aliphatic heterocycles. The first-order valence-electron chi connectivity index (χ1n) is 9.87. The van der Waals surface area contributed by atoms with Gasteiger partial charge in [0.2, 0.25) is 15.9 Å². The molecule has 5 nitrogen and oxygen atoms in total. The minimum absolute atomic E-state index is 0.214. The highest BCUT2D eigenvalue weighted by atomic mass is 35.5. The molecule has 156 valence electrons. The molecule has 7 heteroatoms. The van der Waals surface area contributed by atoms with Gasteiger partial charge in [-0.25, -0.2) is 8.42 Å². The molecule has 0 heterocycles. The molecule has 0 spiro atoms. The summed E-state index contributed by atoms with van der Waals surface area (Å²) in [6.07, 6.45) is 4.81. The number of aryl methyl sites for hydroxylation is 2. The van der Waals surface area contributed by atoms with Crippen molar-refractivity contribution >= 4 is 33.2 Å². The van der Waals surface area contributed by atoms with Crippen LogP contribution in [0, 0.1) is 0 Å². The Morgan fingerprint density at radius 3 is 2.41 bits per heavy atom. The minimum atomic E-state index is -3.67. The fraction of sp³-hybridized carbons (Fsp3) is 0.409. The van der Waals surface area contributed by atoms with E-state index >= 15 is 0 Å². The zero-order valence-electron chi connectivity index (χ0n) is 17.0. The molecular formula is C22H27ClN2O3S. The Kier molecular flexibility index (Phi) is 6.54. The van der Waals surface area contributed by atoms with Crippen LogP contribution in [0.5, 0.6) is 0 Å². The van der Waals surface area contributed by atoms with Crippen LogP contribution in [0.15, 0.2) is 42.5 Å². The number of fused-ring (bicyclic) bond motifs is 1. The van der Waals surface area contributed by atoms with Gasteiger partial charge < -0.3 is 5.32 Å². The van der Waals surface area contributed by atoms with Crippen LogP contribution >= 0.6 is 11.6 Å². The first-order chi connectivity index (χ1) is 13.7. The van der Waals surface area contributed by atoms with E-state index in [9.17, 15) is 13.2 Å². The van der Waals surface area contributed by atoms with Crippen LogP contribution in [0.1, 0.15) is 49.4 Å². The van der Waals surface area contributed by atoms with Crippen LogP contribution in [0.4, 0.5) is 5.69 Å². The first kappa shape index (κ1) is 21.7. The average molecular weight is 435 g/mol. The molecule has 0 aromatic heterocycles. The number of carbonyl (C=O) groups excluding carboxylic acids is 1. The quantitative estimate of drug-likeness (QED) is 0.708. The van der Waals surface area contributed by atoms with Crippen molar-refractivity contribution in [3.8, 4) is 0 Å². The van der Waals surface area contributed by atoms with Crippen LogP contribution in [-0.4, -0.2) is 26.6 Å². The Bertz CT molecular complexity index is 990. The predicted molar refractivity (Wildman–Crippen MR) is 118 cm³/mol. The van der Waals surface area contributed by atoms with E-state index in [4.69, 9.17) is 11.6 Å². The number of anilines is 1. The number of nitrogens with one attached hydrogen (secondary N) is 1. The molecule has 0 radical (unpaired) electrons. The molecule has 2 aromatic carbocycles. The van der Waals surface area contributed by atoms with E-state index in [0.29, 0.717) is 17.1 Å². The third-order valence-corrected chi connectivity index (χ3v) is 6.82. The van der Waals surface area contributed by atoms with Gasteiger partial charge in [-0.05, 0) is 73.6 Å². The van der Waals surface area contributed by atoms with Crippen molar-refractivity contribution in [3.05, 3.63) is 64.2 Å². The molecule has 0 fully saturated rings. The molecule has 29 heavy (non-hydrogen) atoms. The molecule has 2 atom stereocenters. The first-order valence-corrected chi connectivity index (χ1v) is 12.1. The van der Waals surface area contributed by atoms with Crippen molar-refractivity contribution in [3.63, 3.8) is 0 Å². The molecule has 2 aromatic rings. The molecule has 0 saturated carbocycles. The maximum absolute atomic E-state index is 13.1. The second-order valence-corrected chi connectivity index (χ2v) is 9.87. The van der Waals surface area contributed by atoms with E-state index in [1.165, 1.54) is 21.9 Å². The molecule has 1 N–H and O–H groups in total. The van der Waals surface area contributed by atoms with Gasteiger partial charge in [0.25, 0.3) is 0 Å². The van der Waals surface area contributed by atoms with Crippen molar-refractivity contribution in [2.45, 2.75) is 51.6 Å². The van der Waals surface area contributed by atoms with Crippen LogP contribution in [-0.2, 0) is 27.7 Å². The Balaban J connectivity index is 1.83. The lowest BCUT2D eigenvalue weighted by atomic mass is 10.0. The smallest absolute Gasteiger partial charge is 0.244 e. The van der Waals surface area contributed by atoms with Gasteiger partial charge in [-0.3, -0.25) is 9.10 Å². The number of nitrogens with zero attached hydrogens (tertiary/aromatic N) is 1. The summed E-state index contributed by atoms with van der Waals surface area (Å²) in [7, 11) is -3.67. The zero-order chi connectivity index (χ0) is 21.2. The van der Waals surface area contributed by atoms with Crippen LogP contribution in [0.2, 0.25) is 5.02 Å². The van der Waals surface area contributed by atoms with Gasteiger partial charge in [-0.2, -0.15) is 0 Å². The standard InChI is InChI=1S/C22H27ClN2O3S/c1-4-21(25(29(3,27)28)20-12-10-19(23)11-13-20)22(26)24-15(2)17-9-8-16-6-5-7-18(16)14-17/h8-15,21H,4-7H2,1-3H3,(H,24,26)/t15-,21-/m1/s1. The molecule has 0 unspecified atom stereocenters. The molecule has 3 rings (SSSR count). The second-order valence-electron chi connectivity index (χ2n) is 7.57. The average Bonchev–Trinajstić information content (AvgIpc) is 3.13. The number of rotatable bonds is 7. The van der Waals surface area contributed by atoms with Crippen LogP contribution in [0.3, 0.4) is 0 Å².